The maximum absolute atomic E-state index is 13.6. The molecule has 4 N–H and O–H groups in total. The van der Waals surface area contributed by atoms with Crippen molar-refractivity contribution in [1.82, 2.24) is 0 Å². The zero-order valence-electron chi connectivity index (χ0n) is 10.2. The van der Waals surface area contributed by atoms with E-state index in [9.17, 15) is 14.6 Å². The third-order valence-corrected chi connectivity index (χ3v) is 2.93. The van der Waals surface area contributed by atoms with Gasteiger partial charge in [-0.1, -0.05) is 19.9 Å². The summed E-state index contributed by atoms with van der Waals surface area (Å²) in [7, 11) is 0. The highest BCUT2D eigenvalue weighted by molar-refractivity contribution is 5.85. The molecule has 1 aromatic carbocycles. The van der Waals surface area contributed by atoms with Gasteiger partial charge in [0.15, 0.2) is 0 Å². The summed E-state index contributed by atoms with van der Waals surface area (Å²) in [6.07, 6.45) is 0. The highest BCUT2D eigenvalue weighted by Gasteiger charge is 2.31. The SMILES string of the molecule is Cc1ccc(F)c([C@@H](N)C(C)(C)CO)c1O.Cl. The summed E-state index contributed by atoms with van der Waals surface area (Å²) in [6, 6.07) is 2.02. The number of benzene rings is 1. The minimum absolute atomic E-state index is 0. The lowest BCUT2D eigenvalue weighted by Crippen LogP contribution is -2.33. The second-order valence-corrected chi connectivity index (χ2v) is 4.75. The van der Waals surface area contributed by atoms with E-state index in [2.05, 4.69) is 0 Å². The molecule has 3 nitrogen and oxygen atoms in total. The van der Waals surface area contributed by atoms with Crippen LogP contribution in [0.25, 0.3) is 0 Å². The molecule has 0 aliphatic heterocycles. The van der Waals surface area contributed by atoms with Crippen molar-refractivity contribution in [1.29, 1.82) is 0 Å². The van der Waals surface area contributed by atoms with Crippen LogP contribution in [-0.2, 0) is 0 Å². The minimum atomic E-state index is -0.752. The third kappa shape index (κ3) is 3.09. The lowest BCUT2D eigenvalue weighted by molar-refractivity contribution is 0.129. The average Bonchev–Trinajstić information content (AvgIpc) is 2.24. The number of aliphatic hydroxyl groups excluding tert-OH is 1. The largest absolute Gasteiger partial charge is 0.507 e. The van der Waals surface area contributed by atoms with Crippen LogP contribution in [0.5, 0.6) is 5.75 Å². The first-order valence-electron chi connectivity index (χ1n) is 5.15. The Labute approximate surface area is 107 Å². The van der Waals surface area contributed by atoms with Gasteiger partial charge in [0.2, 0.25) is 0 Å². The summed E-state index contributed by atoms with van der Waals surface area (Å²) in [6.45, 7) is 4.94. The Bertz CT molecular complexity index is 396. The quantitative estimate of drug-likeness (QED) is 0.784. The van der Waals surface area contributed by atoms with Crippen molar-refractivity contribution in [2.75, 3.05) is 6.61 Å². The van der Waals surface area contributed by atoms with Crippen molar-refractivity contribution in [3.63, 3.8) is 0 Å². The van der Waals surface area contributed by atoms with Gasteiger partial charge in [-0.15, -0.1) is 12.4 Å². The molecule has 0 bridgehead atoms. The van der Waals surface area contributed by atoms with Crippen molar-refractivity contribution >= 4 is 12.4 Å². The fourth-order valence-electron chi connectivity index (χ4n) is 1.48. The Balaban J connectivity index is 0.00000256. The fourth-order valence-corrected chi connectivity index (χ4v) is 1.48. The van der Waals surface area contributed by atoms with Gasteiger partial charge < -0.3 is 15.9 Å². The second kappa shape index (κ2) is 5.67. The van der Waals surface area contributed by atoms with Gasteiger partial charge in [0.1, 0.15) is 11.6 Å². The first kappa shape index (κ1) is 16.2. The van der Waals surface area contributed by atoms with E-state index < -0.39 is 17.3 Å². The molecule has 0 aliphatic rings. The van der Waals surface area contributed by atoms with E-state index in [1.54, 1.807) is 20.8 Å². The zero-order valence-corrected chi connectivity index (χ0v) is 11.0. The van der Waals surface area contributed by atoms with Crippen LogP contribution in [0.15, 0.2) is 12.1 Å². The molecule has 1 aromatic rings. The molecule has 5 heteroatoms. The molecule has 0 aromatic heterocycles. The van der Waals surface area contributed by atoms with Crippen LogP contribution in [-0.4, -0.2) is 16.8 Å². The predicted octanol–water partition coefficient (Wildman–Crippen LogP) is 2.28. The minimum Gasteiger partial charge on any atom is -0.507 e. The van der Waals surface area contributed by atoms with E-state index in [1.807, 2.05) is 0 Å². The lowest BCUT2D eigenvalue weighted by Gasteiger charge is -2.30. The van der Waals surface area contributed by atoms with Crippen LogP contribution in [0.4, 0.5) is 4.39 Å². The molecule has 0 amide bonds. The second-order valence-electron chi connectivity index (χ2n) is 4.75. The highest BCUT2D eigenvalue weighted by atomic mass is 35.5. The third-order valence-electron chi connectivity index (χ3n) is 2.93. The van der Waals surface area contributed by atoms with Crippen molar-refractivity contribution in [3.05, 3.63) is 29.1 Å². The molecular weight excluding hydrogens is 245 g/mol. The number of phenols is 1. The molecule has 0 saturated heterocycles. The van der Waals surface area contributed by atoms with Crippen LogP contribution in [0.2, 0.25) is 0 Å². The van der Waals surface area contributed by atoms with Gasteiger partial charge in [-0.3, -0.25) is 0 Å². The van der Waals surface area contributed by atoms with E-state index in [0.29, 0.717) is 5.56 Å². The van der Waals surface area contributed by atoms with Gasteiger partial charge >= 0.3 is 0 Å². The number of hydrogen-bond acceptors (Lipinski definition) is 3. The smallest absolute Gasteiger partial charge is 0.131 e. The van der Waals surface area contributed by atoms with Gasteiger partial charge in [-0.2, -0.15) is 0 Å². The number of nitrogens with two attached hydrogens (primary N) is 1. The van der Waals surface area contributed by atoms with Crippen LogP contribution in [0.3, 0.4) is 0 Å². The molecule has 17 heavy (non-hydrogen) atoms. The number of phenolic OH excluding ortho intramolecular Hbond substituents is 1. The number of aliphatic hydroxyl groups is 1. The lowest BCUT2D eigenvalue weighted by atomic mass is 9.81. The molecular formula is C12H19ClFNO2. The Morgan fingerprint density at radius 2 is 1.94 bits per heavy atom. The van der Waals surface area contributed by atoms with Gasteiger partial charge in [0.25, 0.3) is 0 Å². The van der Waals surface area contributed by atoms with E-state index >= 15 is 0 Å². The maximum Gasteiger partial charge on any atom is 0.131 e. The Morgan fingerprint density at radius 3 is 2.41 bits per heavy atom. The van der Waals surface area contributed by atoms with Crippen molar-refractivity contribution < 1.29 is 14.6 Å². The first-order valence-corrected chi connectivity index (χ1v) is 5.15. The van der Waals surface area contributed by atoms with Crippen molar-refractivity contribution in [2.45, 2.75) is 26.8 Å². The molecule has 0 spiro atoms. The summed E-state index contributed by atoms with van der Waals surface area (Å²) in [5.74, 6) is -0.675. The zero-order chi connectivity index (χ0) is 12.5. The molecule has 0 unspecified atom stereocenters. The van der Waals surface area contributed by atoms with E-state index in [-0.39, 0.29) is 30.3 Å². The number of hydrogen-bond donors (Lipinski definition) is 3. The van der Waals surface area contributed by atoms with Crippen molar-refractivity contribution in [2.24, 2.45) is 11.1 Å². The Morgan fingerprint density at radius 1 is 1.41 bits per heavy atom. The summed E-state index contributed by atoms with van der Waals surface area (Å²) in [5, 5.41) is 19.0. The standard InChI is InChI=1S/C12H18FNO2.ClH/c1-7-4-5-8(13)9(10(7)16)11(14)12(2,3)6-15;/h4-5,11,15-16H,6,14H2,1-3H3;1H/t11-;/m1./s1. The van der Waals surface area contributed by atoms with Gasteiger partial charge in [0.05, 0.1) is 0 Å². The van der Waals surface area contributed by atoms with Gasteiger partial charge in [0, 0.05) is 23.6 Å². The van der Waals surface area contributed by atoms with Gasteiger partial charge in [-0.25, -0.2) is 4.39 Å². The number of rotatable bonds is 3. The summed E-state index contributed by atoms with van der Waals surface area (Å²) in [4.78, 5) is 0. The maximum atomic E-state index is 13.6. The molecule has 0 heterocycles. The van der Waals surface area contributed by atoms with E-state index in [0.717, 1.165) is 0 Å². The normalized spacial score (nSPS) is 13.1. The molecule has 0 fully saturated rings. The first-order chi connectivity index (χ1) is 7.31. The predicted molar refractivity (Wildman–Crippen MR) is 67.8 cm³/mol. The number of aryl methyl sites for hydroxylation is 1. The molecule has 98 valence electrons. The van der Waals surface area contributed by atoms with Gasteiger partial charge in [-0.05, 0) is 18.6 Å². The fraction of sp³-hybridized carbons (Fsp3) is 0.500. The number of halogens is 2. The summed E-state index contributed by atoms with van der Waals surface area (Å²) >= 11 is 0. The van der Waals surface area contributed by atoms with Crippen molar-refractivity contribution in [3.8, 4) is 5.75 Å². The van der Waals surface area contributed by atoms with Crippen LogP contribution < -0.4 is 5.73 Å². The molecule has 0 aliphatic carbocycles. The Hall–Kier alpha value is -0.840. The van der Waals surface area contributed by atoms with E-state index in [4.69, 9.17) is 5.73 Å². The summed E-state index contributed by atoms with van der Waals surface area (Å²) in [5.41, 5.74) is 5.84. The average molecular weight is 264 g/mol. The topological polar surface area (TPSA) is 66.5 Å². The van der Waals surface area contributed by atoms with E-state index in [1.165, 1.54) is 12.1 Å². The van der Waals surface area contributed by atoms with Crippen LogP contribution >= 0.6 is 12.4 Å². The summed E-state index contributed by atoms with van der Waals surface area (Å²) < 4.78 is 13.6. The number of aromatic hydroxyl groups is 1. The Kier molecular flexibility index (Phi) is 5.39. The van der Waals surface area contributed by atoms with Crippen LogP contribution in [0, 0.1) is 18.2 Å². The van der Waals surface area contributed by atoms with Crippen LogP contribution in [0.1, 0.15) is 31.0 Å². The molecule has 1 atom stereocenters. The molecule has 1 rings (SSSR count). The molecule has 0 radical (unpaired) electrons. The monoisotopic (exact) mass is 263 g/mol. The molecule has 0 saturated carbocycles. The highest BCUT2D eigenvalue weighted by Crippen LogP contribution is 2.38.